The van der Waals surface area contributed by atoms with Crippen molar-refractivity contribution in [3.05, 3.63) is 64.8 Å². The molecule has 0 radical (unpaired) electrons. The maximum atomic E-state index is 12.7. The summed E-state index contributed by atoms with van der Waals surface area (Å²) in [6.45, 7) is 3.67. The van der Waals surface area contributed by atoms with E-state index in [9.17, 15) is 9.90 Å². The van der Waals surface area contributed by atoms with Gasteiger partial charge in [-0.2, -0.15) is 0 Å². The Labute approximate surface area is 146 Å². The number of anilines is 1. The Morgan fingerprint density at radius 1 is 1.16 bits per heavy atom. The average molecular weight is 336 g/mol. The molecule has 25 heavy (non-hydrogen) atoms. The number of aliphatic hydroxyl groups is 1. The van der Waals surface area contributed by atoms with Crippen LogP contribution >= 0.6 is 0 Å². The molecule has 0 aliphatic heterocycles. The number of carbonyl (C=O) groups excluding carboxylic acids is 1. The number of methoxy groups -OCH3 is 1. The highest BCUT2D eigenvalue weighted by molar-refractivity contribution is 6.06. The summed E-state index contributed by atoms with van der Waals surface area (Å²) in [5.74, 6) is 0.348. The van der Waals surface area contributed by atoms with Crippen LogP contribution in [0.5, 0.6) is 5.75 Å². The van der Waals surface area contributed by atoms with Gasteiger partial charge < -0.3 is 15.2 Å². The van der Waals surface area contributed by atoms with Crippen LogP contribution in [0.2, 0.25) is 0 Å². The van der Waals surface area contributed by atoms with Crippen LogP contribution in [0.25, 0.3) is 10.9 Å². The molecule has 2 aromatic carbocycles. The summed E-state index contributed by atoms with van der Waals surface area (Å²) in [5.41, 5.74) is 4.42. The first-order valence-corrected chi connectivity index (χ1v) is 7.99. The highest BCUT2D eigenvalue weighted by Crippen LogP contribution is 2.24. The molecule has 1 heterocycles. The van der Waals surface area contributed by atoms with Crippen LogP contribution in [0.1, 0.15) is 27.2 Å². The minimum absolute atomic E-state index is 0.164. The fourth-order valence-corrected chi connectivity index (χ4v) is 2.78. The number of aliphatic hydroxyl groups excluding tert-OH is 1. The Hall–Kier alpha value is -2.92. The van der Waals surface area contributed by atoms with E-state index in [0.29, 0.717) is 28.3 Å². The number of nitrogens with zero attached hydrogens (tertiary/aromatic N) is 1. The third-order valence-electron chi connectivity index (χ3n) is 4.12. The van der Waals surface area contributed by atoms with Gasteiger partial charge in [-0.15, -0.1) is 0 Å². The van der Waals surface area contributed by atoms with Crippen LogP contribution < -0.4 is 10.1 Å². The Bertz CT molecular complexity index is 951. The van der Waals surface area contributed by atoms with Crippen molar-refractivity contribution in [2.45, 2.75) is 20.5 Å². The highest BCUT2D eigenvalue weighted by Gasteiger charge is 2.13. The standard InChI is InChI=1S/C20H20N2O3/c1-12-4-5-14-10-17(13(2)21-18(14)8-12)20(24)22-16-6-7-19(25-3)15(9-16)11-23/h4-10,23H,11H2,1-3H3,(H,22,24). The van der Waals surface area contributed by atoms with E-state index in [2.05, 4.69) is 10.3 Å². The SMILES string of the molecule is COc1ccc(NC(=O)c2cc3ccc(C)cc3nc2C)cc1CO. The van der Waals surface area contributed by atoms with E-state index in [4.69, 9.17) is 4.74 Å². The average Bonchev–Trinajstić information content (AvgIpc) is 2.60. The van der Waals surface area contributed by atoms with Crippen LogP contribution in [-0.2, 0) is 6.61 Å². The van der Waals surface area contributed by atoms with E-state index in [1.807, 2.05) is 38.1 Å². The molecule has 2 N–H and O–H groups in total. The zero-order chi connectivity index (χ0) is 18.0. The van der Waals surface area contributed by atoms with Crippen molar-refractivity contribution in [3.8, 4) is 5.75 Å². The van der Waals surface area contributed by atoms with Crippen molar-refractivity contribution in [2.24, 2.45) is 0 Å². The Kier molecular flexibility index (Phi) is 4.67. The normalized spacial score (nSPS) is 10.7. The maximum Gasteiger partial charge on any atom is 0.257 e. The second kappa shape index (κ2) is 6.91. The number of benzene rings is 2. The molecular weight excluding hydrogens is 316 g/mol. The largest absolute Gasteiger partial charge is 0.496 e. The van der Waals surface area contributed by atoms with E-state index in [1.165, 1.54) is 0 Å². The molecule has 0 bridgehead atoms. The smallest absolute Gasteiger partial charge is 0.257 e. The van der Waals surface area contributed by atoms with E-state index in [-0.39, 0.29) is 12.5 Å². The van der Waals surface area contributed by atoms with E-state index >= 15 is 0 Å². The molecule has 5 heteroatoms. The van der Waals surface area contributed by atoms with Crippen molar-refractivity contribution < 1.29 is 14.6 Å². The van der Waals surface area contributed by atoms with Gasteiger partial charge in [0.25, 0.3) is 5.91 Å². The minimum atomic E-state index is -0.235. The van der Waals surface area contributed by atoms with Gasteiger partial charge in [0.1, 0.15) is 5.75 Å². The van der Waals surface area contributed by atoms with Gasteiger partial charge in [-0.3, -0.25) is 9.78 Å². The first kappa shape index (κ1) is 16.9. The van der Waals surface area contributed by atoms with Crippen molar-refractivity contribution >= 4 is 22.5 Å². The molecule has 1 amide bonds. The van der Waals surface area contributed by atoms with E-state index in [1.54, 1.807) is 25.3 Å². The second-order valence-corrected chi connectivity index (χ2v) is 5.96. The summed E-state index contributed by atoms with van der Waals surface area (Å²) >= 11 is 0. The van der Waals surface area contributed by atoms with Crippen LogP contribution in [0.4, 0.5) is 5.69 Å². The third kappa shape index (κ3) is 3.46. The predicted molar refractivity (Wildman–Crippen MR) is 98.1 cm³/mol. The highest BCUT2D eigenvalue weighted by atomic mass is 16.5. The van der Waals surface area contributed by atoms with Gasteiger partial charge in [-0.25, -0.2) is 0 Å². The fraction of sp³-hybridized carbons (Fsp3) is 0.200. The lowest BCUT2D eigenvalue weighted by Crippen LogP contribution is -2.14. The zero-order valence-corrected chi connectivity index (χ0v) is 14.5. The van der Waals surface area contributed by atoms with Crippen molar-refractivity contribution in [3.63, 3.8) is 0 Å². The molecule has 0 saturated heterocycles. The number of hydrogen-bond donors (Lipinski definition) is 2. The molecule has 0 atom stereocenters. The number of ether oxygens (including phenoxy) is 1. The lowest BCUT2D eigenvalue weighted by Gasteiger charge is -2.12. The molecule has 0 unspecified atom stereocenters. The molecule has 0 saturated carbocycles. The van der Waals surface area contributed by atoms with Gasteiger partial charge in [0.05, 0.1) is 30.5 Å². The van der Waals surface area contributed by atoms with Crippen molar-refractivity contribution in [1.29, 1.82) is 0 Å². The number of fused-ring (bicyclic) bond motifs is 1. The molecule has 128 valence electrons. The molecular formula is C20H20N2O3. The number of carbonyl (C=O) groups is 1. The monoisotopic (exact) mass is 336 g/mol. The van der Waals surface area contributed by atoms with Crippen molar-refractivity contribution in [1.82, 2.24) is 4.98 Å². The molecule has 3 aromatic rings. The van der Waals surface area contributed by atoms with Gasteiger partial charge in [0, 0.05) is 16.6 Å². The Morgan fingerprint density at radius 3 is 2.68 bits per heavy atom. The summed E-state index contributed by atoms with van der Waals surface area (Å²) in [7, 11) is 1.54. The zero-order valence-electron chi connectivity index (χ0n) is 14.5. The minimum Gasteiger partial charge on any atom is -0.496 e. The molecule has 0 aliphatic rings. The van der Waals surface area contributed by atoms with E-state index in [0.717, 1.165) is 16.5 Å². The lowest BCUT2D eigenvalue weighted by atomic mass is 10.1. The number of rotatable bonds is 4. The van der Waals surface area contributed by atoms with Crippen molar-refractivity contribution in [2.75, 3.05) is 12.4 Å². The first-order chi connectivity index (χ1) is 12.0. The van der Waals surface area contributed by atoms with Crippen LogP contribution in [-0.4, -0.2) is 23.1 Å². The summed E-state index contributed by atoms with van der Waals surface area (Å²) in [4.78, 5) is 17.2. The van der Waals surface area contributed by atoms with Crippen LogP contribution in [0.15, 0.2) is 42.5 Å². The number of nitrogens with one attached hydrogen (secondary N) is 1. The molecule has 5 nitrogen and oxygen atoms in total. The number of aromatic nitrogens is 1. The summed E-state index contributed by atoms with van der Waals surface area (Å²) in [5, 5.41) is 13.2. The number of aryl methyl sites for hydroxylation is 2. The Balaban J connectivity index is 1.92. The number of amides is 1. The number of hydrogen-bond acceptors (Lipinski definition) is 4. The number of pyridine rings is 1. The van der Waals surface area contributed by atoms with Gasteiger partial charge >= 0.3 is 0 Å². The van der Waals surface area contributed by atoms with Crippen LogP contribution in [0.3, 0.4) is 0 Å². The van der Waals surface area contributed by atoms with E-state index < -0.39 is 0 Å². The predicted octanol–water partition coefficient (Wildman–Crippen LogP) is 3.60. The van der Waals surface area contributed by atoms with Gasteiger partial charge in [0.15, 0.2) is 0 Å². The molecule has 0 spiro atoms. The third-order valence-corrected chi connectivity index (χ3v) is 4.12. The van der Waals surface area contributed by atoms with Gasteiger partial charge in [-0.05, 0) is 49.7 Å². The molecule has 3 rings (SSSR count). The second-order valence-electron chi connectivity index (χ2n) is 5.96. The molecule has 0 fully saturated rings. The first-order valence-electron chi connectivity index (χ1n) is 7.99. The summed E-state index contributed by atoms with van der Waals surface area (Å²) in [6, 6.07) is 13.0. The fourth-order valence-electron chi connectivity index (χ4n) is 2.78. The molecule has 1 aromatic heterocycles. The van der Waals surface area contributed by atoms with Gasteiger partial charge in [0.2, 0.25) is 0 Å². The summed E-state index contributed by atoms with van der Waals surface area (Å²) in [6.07, 6.45) is 0. The maximum absolute atomic E-state index is 12.7. The van der Waals surface area contributed by atoms with Crippen LogP contribution in [0, 0.1) is 13.8 Å². The molecule has 0 aliphatic carbocycles. The lowest BCUT2D eigenvalue weighted by molar-refractivity contribution is 0.102. The summed E-state index contributed by atoms with van der Waals surface area (Å²) < 4.78 is 5.18. The Morgan fingerprint density at radius 2 is 1.96 bits per heavy atom. The quantitative estimate of drug-likeness (QED) is 0.763. The topological polar surface area (TPSA) is 71.5 Å². The van der Waals surface area contributed by atoms with Gasteiger partial charge in [-0.1, -0.05) is 12.1 Å².